The first-order chi connectivity index (χ1) is 14.0. The Kier molecular flexibility index (Phi) is 5.22. The Morgan fingerprint density at radius 3 is 2.69 bits per heavy atom. The van der Waals surface area contributed by atoms with E-state index in [9.17, 15) is 4.79 Å². The number of aryl methyl sites for hydroxylation is 3. The molecule has 0 atom stereocenters. The molecule has 1 aromatic carbocycles. The standard InChI is InChI=1S/C23H24N2O4/c1-13-5-6-17-19(10-21(26)29-22(17)14(13)2)20-9-18-16(11-24-7-8-27-4)12-25-15(3)23(18)28-20/h5-6,9-10,12,24H,7-8,11H2,1-4H3. The minimum atomic E-state index is -0.391. The molecule has 0 amide bonds. The highest BCUT2D eigenvalue weighted by Gasteiger charge is 2.17. The van der Waals surface area contributed by atoms with Gasteiger partial charge in [-0.1, -0.05) is 12.1 Å². The number of furan rings is 1. The van der Waals surface area contributed by atoms with E-state index in [0.29, 0.717) is 24.5 Å². The van der Waals surface area contributed by atoms with Crippen molar-refractivity contribution in [1.29, 1.82) is 0 Å². The minimum absolute atomic E-state index is 0.391. The lowest BCUT2D eigenvalue weighted by molar-refractivity contribution is 0.199. The Morgan fingerprint density at radius 2 is 1.90 bits per heavy atom. The van der Waals surface area contributed by atoms with E-state index in [1.54, 1.807) is 7.11 Å². The summed E-state index contributed by atoms with van der Waals surface area (Å²) in [6, 6.07) is 7.48. The zero-order chi connectivity index (χ0) is 20.5. The van der Waals surface area contributed by atoms with Gasteiger partial charge in [-0.3, -0.25) is 4.98 Å². The molecule has 4 aromatic rings. The Bertz CT molecular complexity index is 1250. The van der Waals surface area contributed by atoms with E-state index in [0.717, 1.165) is 50.8 Å². The van der Waals surface area contributed by atoms with Crippen LogP contribution in [0.25, 0.3) is 33.3 Å². The first-order valence-electron chi connectivity index (χ1n) is 9.61. The molecule has 6 nitrogen and oxygen atoms in total. The third-order valence-corrected chi connectivity index (χ3v) is 5.32. The van der Waals surface area contributed by atoms with Crippen LogP contribution in [0.5, 0.6) is 0 Å². The van der Waals surface area contributed by atoms with Crippen LogP contribution >= 0.6 is 0 Å². The molecule has 6 heteroatoms. The molecule has 0 spiro atoms. The Morgan fingerprint density at radius 1 is 1.07 bits per heavy atom. The number of nitrogens with zero attached hydrogens (tertiary/aromatic N) is 1. The van der Waals surface area contributed by atoms with Crippen LogP contribution in [-0.2, 0) is 11.3 Å². The molecule has 0 aliphatic heterocycles. The van der Waals surface area contributed by atoms with E-state index >= 15 is 0 Å². The van der Waals surface area contributed by atoms with Crippen molar-refractivity contribution in [3.63, 3.8) is 0 Å². The summed E-state index contributed by atoms with van der Waals surface area (Å²) in [6.07, 6.45) is 1.86. The molecule has 0 aliphatic rings. The van der Waals surface area contributed by atoms with Gasteiger partial charge in [0.1, 0.15) is 11.3 Å². The van der Waals surface area contributed by atoms with Crippen LogP contribution in [0.2, 0.25) is 0 Å². The number of methoxy groups -OCH3 is 1. The van der Waals surface area contributed by atoms with Gasteiger partial charge in [0.05, 0.1) is 12.3 Å². The molecular weight excluding hydrogens is 368 g/mol. The molecule has 0 unspecified atom stereocenters. The van der Waals surface area contributed by atoms with E-state index in [4.69, 9.17) is 13.6 Å². The number of hydrogen-bond acceptors (Lipinski definition) is 6. The van der Waals surface area contributed by atoms with Crippen molar-refractivity contribution in [2.75, 3.05) is 20.3 Å². The third-order valence-electron chi connectivity index (χ3n) is 5.32. The first-order valence-corrected chi connectivity index (χ1v) is 9.61. The monoisotopic (exact) mass is 392 g/mol. The lowest BCUT2D eigenvalue weighted by Gasteiger charge is -2.07. The molecule has 0 aliphatic carbocycles. The van der Waals surface area contributed by atoms with Gasteiger partial charge in [-0.05, 0) is 43.5 Å². The van der Waals surface area contributed by atoms with Crippen LogP contribution in [0, 0.1) is 20.8 Å². The van der Waals surface area contributed by atoms with Gasteiger partial charge in [-0.2, -0.15) is 0 Å². The number of aromatic nitrogens is 1. The van der Waals surface area contributed by atoms with E-state index in [1.165, 1.54) is 6.07 Å². The van der Waals surface area contributed by atoms with Crippen molar-refractivity contribution >= 4 is 21.9 Å². The van der Waals surface area contributed by atoms with Crippen LogP contribution in [-0.4, -0.2) is 25.2 Å². The molecular formula is C23H24N2O4. The second-order valence-corrected chi connectivity index (χ2v) is 7.26. The molecule has 0 saturated heterocycles. The lowest BCUT2D eigenvalue weighted by atomic mass is 10.0. The molecule has 29 heavy (non-hydrogen) atoms. The fourth-order valence-electron chi connectivity index (χ4n) is 3.54. The maximum absolute atomic E-state index is 12.3. The summed E-state index contributed by atoms with van der Waals surface area (Å²) in [7, 11) is 1.68. The molecule has 3 heterocycles. The smallest absolute Gasteiger partial charge is 0.336 e. The van der Waals surface area contributed by atoms with Gasteiger partial charge >= 0.3 is 5.63 Å². The highest BCUT2D eigenvalue weighted by molar-refractivity contribution is 5.97. The summed E-state index contributed by atoms with van der Waals surface area (Å²) in [6.45, 7) is 7.93. The lowest BCUT2D eigenvalue weighted by Crippen LogP contribution is -2.18. The summed E-state index contributed by atoms with van der Waals surface area (Å²) in [5.74, 6) is 0.635. The number of fused-ring (bicyclic) bond motifs is 2. The zero-order valence-electron chi connectivity index (χ0n) is 17.1. The summed E-state index contributed by atoms with van der Waals surface area (Å²) in [5.41, 5.74) is 5.55. The van der Waals surface area contributed by atoms with Crippen LogP contribution < -0.4 is 10.9 Å². The molecule has 0 bridgehead atoms. The summed E-state index contributed by atoms with van der Waals surface area (Å²) in [4.78, 5) is 16.7. The maximum atomic E-state index is 12.3. The Hall–Kier alpha value is -2.96. The maximum Gasteiger partial charge on any atom is 0.336 e. The highest BCUT2D eigenvalue weighted by atomic mass is 16.5. The zero-order valence-corrected chi connectivity index (χ0v) is 17.1. The third kappa shape index (κ3) is 3.57. The fourth-order valence-corrected chi connectivity index (χ4v) is 3.54. The quantitative estimate of drug-likeness (QED) is 0.390. The van der Waals surface area contributed by atoms with Crippen molar-refractivity contribution in [3.8, 4) is 11.3 Å². The average Bonchev–Trinajstić information content (AvgIpc) is 3.16. The van der Waals surface area contributed by atoms with Gasteiger partial charge < -0.3 is 18.9 Å². The Labute approximate surface area is 168 Å². The molecule has 0 fully saturated rings. The van der Waals surface area contributed by atoms with Crippen molar-refractivity contribution < 1.29 is 13.6 Å². The number of rotatable bonds is 6. The normalized spacial score (nSPS) is 11.6. The van der Waals surface area contributed by atoms with Gasteiger partial charge in [-0.15, -0.1) is 0 Å². The number of pyridine rings is 1. The van der Waals surface area contributed by atoms with Crippen molar-refractivity contribution in [3.05, 3.63) is 63.3 Å². The largest absolute Gasteiger partial charge is 0.454 e. The van der Waals surface area contributed by atoms with Crippen LogP contribution in [0.1, 0.15) is 22.4 Å². The average molecular weight is 392 g/mol. The second-order valence-electron chi connectivity index (χ2n) is 7.26. The van der Waals surface area contributed by atoms with Gasteiger partial charge in [-0.25, -0.2) is 4.79 Å². The van der Waals surface area contributed by atoms with Gasteiger partial charge in [0, 0.05) is 48.8 Å². The van der Waals surface area contributed by atoms with Gasteiger partial charge in [0.25, 0.3) is 0 Å². The molecule has 3 aromatic heterocycles. The number of hydrogen-bond donors (Lipinski definition) is 1. The molecule has 150 valence electrons. The SMILES string of the molecule is COCCNCc1cnc(C)c2oc(-c3cc(=O)oc4c(C)c(C)ccc34)cc12. The van der Waals surface area contributed by atoms with E-state index in [2.05, 4.69) is 10.3 Å². The molecule has 0 saturated carbocycles. The predicted octanol–water partition coefficient (Wildman–Crippen LogP) is 4.26. The minimum Gasteiger partial charge on any atom is -0.454 e. The van der Waals surface area contributed by atoms with Gasteiger partial charge in [0.15, 0.2) is 5.58 Å². The molecule has 1 N–H and O–H groups in total. The fraction of sp³-hybridized carbons (Fsp3) is 0.304. The second kappa shape index (κ2) is 7.81. The number of ether oxygens (including phenoxy) is 1. The van der Waals surface area contributed by atoms with Crippen LogP contribution in [0.3, 0.4) is 0 Å². The summed E-state index contributed by atoms with van der Waals surface area (Å²) in [5, 5.41) is 5.19. The van der Waals surface area contributed by atoms with Crippen molar-refractivity contribution in [2.45, 2.75) is 27.3 Å². The summed E-state index contributed by atoms with van der Waals surface area (Å²) >= 11 is 0. The number of nitrogens with one attached hydrogen (secondary N) is 1. The van der Waals surface area contributed by atoms with Crippen molar-refractivity contribution in [2.24, 2.45) is 0 Å². The Balaban J connectivity index is 1.86. The van der Waals surface area contributed by atoms with E-state index in [1.807, 2.05) is 45.2 Å². The number of benzene rings is 1. The first kappa shape index (κ1) is 19.4. The van der Waals surface area contributed by atoms with Crippen LogP contribution in [0.4, 0.5) is 0 Å². The molecule has 0 radical (unpaired) electrons. The summed E-state index contributed by atoms with van der Waals surface area (Å²) < 4.78 is 16.8. The van der Waals surface area contributed by atoms with E-state index < -0.39 is 5.63 Å². The van der Waals surface area contributed by atoms with Crippen LogP contribution in [0.15, 0.2) is 44.1 Å². The van der Waals surface area contributed by atoms with Gasteiger partial charge in [0.2, 0.25) is 0 Å². The van der Waals surface area contributed by atoms with E-state index in [-0.39, 0.29) is 0 Å². The topological polar surface area (TPSA) is 77.5 Å². The highest BCUT2D eigenvalue weighted by Crippen LogP contribution is 2.35. The van der Waals surface area contributed by atoms with Crippen molar-refractivity contribution in [1.82, 2.24) is 10.3 Å². The molecule has 4 rings (SSSR count). The predicted molar refractivity (Wildman–Crippen MR) is 113 cm³/mol.